The summed E-state index contributed by atoms with van der Waals surface area (Å²) in [4.78, 5) is 12.5. The summed E-state index contributed by atoms with van der Waals surface area (Å²) in [5, 5.41) is 3.93. The summed E-state index contributed by atoms with van der Waals surface area (Å²) in [5.74, 6) is 0.900. The first-order valence-corrected chi connectivity index (χ1v) is 5.76. The van der Waals surface area contributed by atoms with E-state index in [1.54, 1.807) is 18.6 Å². The van der Waals surface area contributed by atoms with E-state index in [4.69, 9.17) is 10.3 Å². The van der Waals surface area contributed by atoms with Gasteiger partial charge in [0.1, 0.15) is 5.69 Å². The predicted molar refractivity (Wildman–Crippen MR) is 68.7 cm³/mol. The zero-order chi connectivity index (χ0) is 13.1. The first-order chi connectivity index (χ1) is 9.36. The van der Waals surface area contributed by atoms with E-state index in [9.17, 15) is 0 Å². The molecule has 0 bridgehead atoms. The Hall–Kier alpha value is -2.60. The van der Waals surface area contributed by atoms with Gasteiger partial charge in [-0.1, -0.05) is 11.2 Å². The topological polar surface area (TPSA) is 90.7 Å². The van der Waals surface area contributed by atoms with Gasteiger partial charge in [-0.3, -0.25) is 9.97 Å². The molecule has 0 unspecified atom stereocenters. The molecule has 0 radical (unpaired) electrons. The Morgan fingerprint density at radius 2 is 1.95 bits per heavy atom. The molecule has 6 nitrogen and oxygen atoms in total. The van der Waals surface area contributed by atoms with Crippen LogP contribution < -0.4 is 5.73 Å². The zero-order valence-electron chi connectivity index (χ0n) is 10.0. The lowest BCUT2D eigenvalue weighted by molar-refractivity contribution is 0.431. The molecule has 0 aromatic carbocycles. The number of hydrogen-bond acceptors (Lipinski definition) is 6. The number of aromatic nitrogens is 4. The van der Waals surface area contributed by atoms with E-state index >= 15 is 0 Å². The van der Waals surface area contributed by atoms with Crippen molar-refractivity contribution in [1.82, 2.24) is 20.1 Å². The molecule has 19 heavy (non-hydrogen) atoms. The van der Waals surface area contributed by atoms with Crippen LogP contribution in [0.15, 0.2) is 47.4 Å². The fourth-order valence-corrected chi connectivity index (χ4v) is 1.62. The molecule has 3 aromatic heterocycles. The standard InChI is InChI=1S/C13H11N5O/c14-7-9-1-2-11(16-8-9)13-17-12(18-19-13)10-3-5-15-6-4-10/h1-6,8H,7,14H2. The van der Waals surface area contributed by atoms with Crippen molar-refractivity contribution in [2.45, 2.75) is 6.54 Å². The molecule has 0 aliphatic heterocycles. The first kappa shape index (κ1) is 11.5. The maximum absolute atomic E-state index is 5.52. The molecule has 0 amide bonds. The fraction of sp³-hybridized carbons (Fsp3) is 0.0769. The minimum absolute atomic E-state index is 0.385. The Balaban J connectivity index is 1.92. The molecule has 0 aliphatic rings. The summed E-state index contributed by atoms with van der Waals surface area (Å²) in [6.07, 6.45) is 5.06. The van der Waals surface area contributed by atoms with Crippen LogP contribution in [0.25, 0.3) is 23.0 Å². The van der Waals surface area contributed by atoms with Crippen molar-refractivity contribution in [2.24, 2.45) is 5.73 Å². The van der Waals surface area contributed by atoms with Gasteiger partial charge in [-0.15, -0.1) is 0 Å². The second-order valence-corrected chi connectivity index (χ2v) is 3.91. The Morgan fingerprint density at radius 3 is 2.63 bits per heavy atom. The van der Waals surface area contributed by atoms with E-state index in [0.717, 1.165) is 11.1 Å². The van der Waals surface area contributed by atoms with Gasteiger partial charge in [-0.05, 0) is 23.8 Å². The lowest BCUT2D eigenvalue weighted by Gasteiger charge is -1.96. The van der Waals surface area contributed by atoms with Gasteiger partial charge in [0.15, 0.2) is 0 Å². The van der Waals surface area contributed by atoms with Gasteiger partial charge in [0.05, 0.1) is 0 Å². The smallest absolute Gasteiger partial charge is 0.276 e. The number of nitrogens with zero attached hydrogens (tertiary/aromatic N) is 4. The highest BCUT2D eigenvalue weighted by atomic mass is 16.5. The van der Waals surface area contributed by atoms with Gasteiger partial charge in [0, 0.05) is 30.7 Å². The van der Waals surface area contributed by atoms with Crippen LogP contribution in [-0.2, 0) is 6.54 Å². The summed E-state index contributed by atoms with van der Waals surface area (Å²) in [5.41, 5.74) is 7.96. The van der Waals surface area contributed by atoms with Crippen LogP contribution >= 0.6 is 0 Å². The van der Waals surface area contributed by atoms with Gasteiger partial charge < -0.3 is 10.3 Å². The molecule has 3 aromatic rings. The summed E-state index contributed by atoms with van der Waals surface area (Å²) >= 11 is 0. The van der Waals surface area contributed by atoms with Gasteiger partial charge in [0.2, 0.25) is 5.82 Å². The predicted octanol–water partition coefficient (Wildman–Crippen LogP) is 1.65. The molecular formula is C13H11N5O. The van der Waals surface area contributed by atoms with Gasteiger partial charge in [0.25, 0.3) is 5.89 Å². The third kappa shape index (κ3) is 2.34. The minimum Gasteiger partial charge on any atom is -0.332 e. The molecule has 2 N–H and O–H groups in total. The van der Waals surface area contributed by atoms with Crippen molar-refractivity contribution < 1.29 is 4.52 Å². The highest BCUT2D eigenvalue weighted by molar-refractivity contribution is 5.56. The Bertz CT molecular complexity index is 663. The molecule has 3 rings (SSSR count). The van der Waals surface area contributed by atoms with E-state index in [1.165, 1.54) is 0 Å². The van der Waals surface area contributed by atoms with Crippen molar-refractivity contribution >= 4 is 0 Å². The normalized spacial score (nSPS) is 10.6. The summed E-state index contributed by atoms with van der Waals surface area (Å²) in [7, 11) is 0. The lowest BCUT2D eigenvalue weighted by atomic mass is 10.2. The van der Waals surface area contributed by atoms with E-state index in [-0.39, 0.29) is 0 Å². The average Bonchev–Trinajstić information content (AvgIpc) is 2.98. The van der Waals surface area contributed by atoms with Crippen LogP contribution in [-0.4, -0.2) is 20.1 Å². The first-order valence-electron chi connectivity index (χ1n) is 5.76. The molecule has 0 spiro atoms. The Labute approximate surface area is 109 Å². The number of nitrogens with two attached hydrogens (primary N) is 1. The van der Waals surface area contributed by atoms with Crippen molar-refractivity contribution in [3.8, 4) is 23.0 Å². The maximum atomic E-state index is 5.52. The van der Waals surface area contributed by atoms with Crippen molar-refractivity contribution in [3.63, 3.8) is 0 Å². The third-order valence-electron chi connectivity index (χ3n) is 2.64. The quantitative estimate of drug-likeness (QED) is 0.763. The summed E-state index contributed by atoms with van der Waals surface area (Å²) in [6.45, 7) is 0.458. The van der Waals surface area contributed by atoms with Crippen LogP contribution in [0.4, 0.5) is 0 Å². The Kier molecular flexibility index (Phi) is 2.99. The van der Waals surface area contributed by atoms with Gasteiger partial charge in [-0.25, -0.2) is 0 Å². The second-order valence-electron chi connectivity index (χ2n) is 3.91. The van der Waals surface area contributed by atoms with Crippen molar-refractivity contribution in [3.05, 3.63) is 48.4 Å². The molecule has 6 heteroatoms. The van der Waals surface area contributed by atoms with Crippen molar-refractivity contribution in [1.29, 1.82) is 0 Å². The number of pyridine rings is 2. The van der Waals surface area contributed by atoms with E-state index in [0.29, 0.717) is 24.0 Å². The third-order valence-corrected chi connectivity index (χ3v) is 2.64. The maximum Gasteiger partial charge on any atom is 0.276 e. The molecule has 0 atom stereocenters. The van der Waals surface area contributed by atoms with E-state index in [1.807, 2.05) is 24.3 Å². The van der Waals surface area contributed by atoms with Crippen LogP contribution in [0.3, 0.4) is 0 Å². The molecule has 0 saturated carbocycles. The van der Waals surface area contributed by atoms with Crippen LogP contribution in [0.1, 0.15) is 5.56 Å². The fourth-order valence-electron chi connectivity index (χ4n) is 1.62. The van der Waals surface area contributed by atoms with E-state index in [2.05, 4.69) is 20.1 Å². The number of rotatable bonds is 3. The minimum atomic E-state index is 0.385. The molecular weight excluding hydrogens is 242 g/mol. The lowest BCUT2D eigenvalue weighted by Crippen LogP contribution is -1.96. The highest BCUT2D eigenvalue weighted by Gasteiger charge is 2.11. The molecule has 3 heterocycles. The van der Waals surface area contributed by atoms with Crippen molar-refractivity contribution in [2.75, 3.05) is 0 Å². The SMILES string of the molecule is NCc1ccc(-c2nc(-c3ccncc3)no2)nc1. The molecule has 0 fully saturated rings. The van der Waals surface area contributed by atoms with Gasteiger partial charge >= 0.3 is 0 Å². The van der Waals surface area contributed by atoms with Crippen LogP contribution in [0, 0.1) is 0 Å². The largest absolute Gasteiger partial charge is 0.332 e. The molecule has 0 aliphatic carbocycles. The summed E-state index contributed by atoms with van der Waals surface area (Å²) < 4.78 is 5.20. The van der Waals surface area contributed by atoms with Crippen LogP contribution in [0.2, 0.25) is 0 Å². The summed E-state index contributed by atoms with van der Waals surface area (Å²) in [6, 6.07) is 7.34. The van der Waals surface area contributed by atoms with Gasteiger partial charge in [-0.2, -0.15) is 4.98 Å². The molecule has 94 valence electrons. The zero-order valence-corrected chi connectivity index (χ0v) is 10.0. The monoisotopic (exact) mass is 253 g/mol. The highest BCUT2D eigenvalue weighted by Crippen LogP contribution is 2.20. The second kappa shape index (κ2) is 4.95. The number of hydrogen-bond donors (Lipinski definition) is 1. The van der Waals surface area contributed by atoms with E-state index < -0.39 is 0 Å². The molecule has 0 saturated heterocycles. The Morgan fingerprint density at radius 1 is 1.11 bits per heavy atom. The van der Waals surface area contributed by atoms with Crippen LogP contribution in [0.5, 0.6) is 0 Å². The average molecular weight is 253 g/mol.